The largest absolute Gasteiger partial charge is 0.366 e. The number of amides is 1. The first-order valence-electron chi connectivity index (χ1n) is 7.53. The first-order valence-corrected chi connectivity index (χ1v) is 8.34. The van der Waals surface area contributed by atoms with Gasteiger partial charge in [0.25, 0.3) is 0 Å². The minimum atomic E-state index is -0.445. The van der Waals surface area contributed by atoms with Crippen molar-refractivity contribution in [2.24, 2.45) is 17.8 Å². The number of nitrogens with zero attached hydrogens (tertiary/aromatic N) is 3. The van der Waals surface area contributed by atoms with Crippen molar-refractivity contribution < 1.29 is 9.59 Å². The molecule has 1 aromatic carbocycles. The van der Waals surface area contributed by atoms with Crippen LogP contribution in [0.25, 0.3) is 10.6 Å². The molecule has 0 radical (unpaired) electrons. The monoisotopic (exact) mass is 330 g/mol. The molecule has 23 heavy (non-hydrogen) atoms. The van der Waals surface area contributed by atoms with Crippen molar-refractivity contribution >= 4 is 23.0 Å². The summed E-state index contributed by atoms with van der Waals surface area (Å²) >= 11 is 1.48. The van der Waals surface area contributed by atoms with Crippen LogP contribution in [-0.4, -0.2) is 27.5 Å². The summed E-state index contributed by atoms with van der Waals surface area (Å²) in [6, 6.07) is 7.10. The fraction of sp³-hybridized carbons (Fsp3) is 0.375. The third-order valence-electron chi connectivity index (χ3n) is 3.87. The fourth-order valence-electron chi connectivity index (χ4n) is 2.62. The molecule has 1 atom stereocenters. The van der Waals surface area contributed by atoms with Crippen LogP contribution in [0.2, 0.25) is 0 Å². The Morgan fingerprint density at radius 1 is 1.39 bits per heavy atom. The third kappa shape index (κ3) is 3.56. The lowest BCUT2D eigenvalue weighted by Crippen LogP contribution is -2.22. The topological polar surface area (TPSA) is 90.3 Å². The van der Waals surface area contributed by atoms with Crippen molar-refractivity contribution in [2.45, 2.75) is 31.7 Å². The molecule has 1 aliphatic rings. The fourth-order valence-corrected chi connectivity index (χ4v) is 3.59. The number of rotatable bonds is 3. The minimum absolute atomic E-state index is 0.0630. The Labute approximate surface area is 137 Å². The first kappa shape index (κ1) is 15.6. The summed E-state index contributed by atoms with van der Waals surface area (Å²) in [5.41, 5.74) is 6.63. The highest BCUT2D eigenvalue weighted by Gasteiger charge is 2.19. The number of primary amides is 1. The van der Waals surface area contributed by atoms with Crippen LogP contribution < -0.4 is 10.5 Å². The molecule has 1 heterocycles. The van der Waals surface area contributed by atoms with Gasteiger partial charge in [-0.2, -0.15) is 5.10 Å². The van der Waals surface area contributed by atoms with E-state index in [0.29, 0.717) is 24.2 Å². The standard InChI is InChI=1S/C16H18N4O2S/c1-20-16(18-12-3-2-4-13(21)9-12)23-15(19-20)11-7-5-10(6-8-11)14(17)22/h5-8,12H,2-4,9H2,1H3,(H2,17,22)/b18-16+. The van der Waals surface area contributed by atoms with Gasteiger partial charge in [-0.25, -0.2) is 4.68 Å². The molecule has 2 aromatic rings. The number of carbonyl (C=O) groups excluding carboxylic acids is 2. The number of benzene rings is 1. The van der Waals surface area contributed by atoms with Gasteiger partial charge < -0.3 is 5.73 Å². The van der Waals surface area contributed by atoms with Gasteiger partial charge >= 0.3 is 0 Å². The van der Waals surface area contributed by atoms with Gasteiger partial charge in [0.2, 0.25) is 10.7 Å². The molecule has 0 spiro atoms. The van der Waals surface area contributed by atoms with E-state index >= 15 is 0 Å². The van der Waals surface area contributed by atoms with Crippen LogP contribution >= 0.6 is 11.3 Å². The highest BCUT2D eigenvalue weighted by molar-refractivity contribution is 7.12. The van der Waals surface area contributed by atoms with Gasteiger partial charge in [0.05, 0.1) is 6.04 Å². The number of aromatic nitrogens is 2. The molecule has 1 aliphatic carbocycles. The van der Waals surface area contributed by atoms with Crippen LogP contribution in [0.15, 0.2) is 29.3 Å². The van der Waals surface area contributed by atoms with E-state index in [2.05, 4.69) is 10.1 Å². The van der Waals surface area contributed by atoms with E-state index in [9.17, 15) is 9.59 Å². The molecule has 120 valence electrons. The van der Waals surface area contributed by atoms with Crippen LogP contribution in [-0.2, 0) is 11.8 Å². The lowest BCUT2D eigenvalue weighted by atomic mass is 9.95. The van der Waals surface area contributed by atoms with E-state index in [-0.39, 0.29) is 6.04 Å². The molecule has 1 amide bonds. The molecule has 0 aliphatic heterocycles. The summed E-state index contributed by atoms with van der Waals surface area (Å²) in [7, 11) is 1.85. The van der Waals surface area contributed by atoms with Gasteiger partial charge in [-0.1, -0.05) is 23.5 Å². The second kappa shape index (κ2) is 6.45. The van der Waals surface area contributed by atoms with Crippen LogP contribution in [0, 0.1) is 0 Å². The SMILES string of the molecule is Cn1nc(-c2ccc(C(N)=O)cc2)s/c1=N/C1CCCC(=O)C1. The zero-order valence-corrected chi connectivity index (χ0v) is 13.7. The van der Waals surface area contributed by atoms with Crippen molar-refractivity contribution in [1.29, 1.82) is 0 Å². The summed E-state index contributed by atoms with van der Waals surface area (Å²) in [5.74, 6) is -0.154. The van der Waals surface area contributed by atoms with Gasteiger partial charge in [-0.15, -0.1) is 0 Å². The average molecular weight is 330 g/mol. The summed E-state index contributed by atoms with van der Waals surface area (Å²) in [5, 5.41) is 5.30. The predicted octanol–water partition coefficient (Wildman–Crippen LogP) is 1.66. The Hall–Kier alpha value is -2.28. The zero-order chi connectivity index (χ0) is 16.4. The van der Waals surface area contributed by atoms with Crippen molar-refractivity contribution in [3.8, 4) is 10.6 Å². The molecular weight excluding hydrogens is 312 g/mol. The average Bonchev–Trinajstić information content (AvgIpc) is 2.88. The summed E-state index contributed by atoms with van der Waals surface area (Å²) < 4.78 is 1.74. The normalized spacial score (nSPS) is 19.1. The molecule has 2 N–H and O–H groups in total. The zero-order valence-electron chi connectivity index (χ0n) is 12.9. The number of hydrogen-bond donors (Lipinski definition) is 1. The quantitative estimate of drug-likeness (QED) is 0.928. The summed E-state index contributed by atoms with van der Waals surface area (Å²) in [6.45, 7) is 0. The van der Waals surface area contributed by atoms with E-state index in [4.69, 9.17) is 5.73 Å². The number of hydrogen-bond acceptors (Lipinski definition) is 5. The third-order valence-corrected chi connectivity index (χ3v) is 4.93. The van der Waals surface area contributed by atoms with E-state index in [0.717, 1.165) is 28.2 Å². The highest BCUT2D eigenvalue weighted by atomic mass is 32.1. The number of ketones is 1. The number of Topliss-reactive ketones (excluding diaryl/α,β-unsaturated/α-hetero) is 1. The molecule has 0 bridgehead atoms. The van der Waals surface area contributed by atoms with Gasteiger partial charge in [0.15, 0.2) is 0 Å². The van der Waals surface area contributed by atoms with Gasteiger partial charge in [0, 0.05) is 31.0 Å². The van der Waals surface area contributed by atoms with Gasteiger partial charge in [0.1, 0.15) is 10.8 Å². The van der Waals surface area contributed by atoms with Crippen molar-refractivity contribution in [2.75, 3.05) is 0 Å². The smallest absolute Gasteiger partial charge is 0.248 e. The number of nitrogens with two attached hydrogens (primary N) is 1. The highest BCUT2D eigenvalue weighted by Crippen LogP contribution is 2.21. The molecular formula is C16H18N4O2S. The van der Waals surface area contributed by atoms with Crippen molar-refractivity contribution in [3.05, 3.63) is 34.6 Å². The second-order valence-corrected chi connectivity index (χ2v) is 6.63. The Bertz CT molecular complexity index is 804. The molecule has 3 rings (SSSR count). The maximum absolute atomic E-state index is 11.5. The van der Waals surface area contributed by atoms with Gasteiger partial charge in [-0.05, 0) is 25.0 Å². The Morgan fingerprint density at radius 3 is 2.78 bits per heavy atom. The van der Waals surface area contributed by atoms with E-state index in [1.807, 2.05) is 19.2 Å². The van der Waals surface area contributed by atoms with Crippen LogP contribution in [0.5, 0.6) is 0 Å². The maximum Gasteiger partial charge on any atom is 0.248 e. The van der Waals surface area contributed by atoms with Crippen LogP contribution in [0.1, 0.15) is 36.0 Å². The molecule has 7 heteroatoms. The molecule has 1 aromatic heterocycles. The molecule has 1 fully saturated rings. The number of carbonyl (C=O) groups is 2. The van der Waals surface area contributed by atoms with E-state index in [1.54, 1.807) is 16.8 Å². The summed E-state index contributed by atoms with van der Waals surface area (Å²) in [6.07, 6.45) is 3.07. The van der Waals surface area contributed by atoms with Crippen LogP contribution in [0.3, 0.4) is 0 Å². The van der Waals surface area contributed by atoms with Crippen LogP contribution in [0.4, 0.5) is 0 Å². The Balaban J connectivity index is 1.88. The Kier molecular flexibility index (Phi) is 4.38. The Morgan fingerprint density at radius 2 is 2.13 bits per heavy atom. The molecule has 1 unspecified atom stereocenters. The minimum Gasteiger partial charge on any atom is -0.366 e. The van der Waals surface area contributed by atoms with E-state index < -0.39 is 5.91 Å². The molecule has 6 nitrogen and oxygen atoms in total. The first-order chi connectivity index (χ1) is 11.0. The maximum atomic E-state index is 11.5. The molecule has 1 saturated carbocycles. The van der Waals surface area contributed by atoms with Crippen molar-refractivity contribution in [3.63, 3.8) is 0 Å². The second-order valence-electron chi connectivity index (χ2n) is 5.67. The number of aryl methyl sites for hydroxylation is 1. The summed E-state index contributed by atoms with van der Waals surface area (Å²) in [4.78, 5) is 28.2. The van der Waals surface area contributed by atoms with E-state index in [1.165, 1.54) is 11.3 Å². The lowest BCUT2D eigenvalue weighted by molar-refractivity contribution is -0.120. The van der Waals surface area contributed by atoms with Crippen molar-refractivity contribution in [1.82, 2.24) is 9.78 Å². The predicted molar refractivity (Wildman–Crippen MR) is 87.9 cm³/mol. The molecule has 0 saturated heterocycles. The lowest BCUT2D eigenvalue weighted by Gasteiger charge is -2.15. The van der Waals surface area contributed by atoms with Gasteiger partial charge in [-0.3, -0.25) is 14.6 Å².